The van der Waals surface area contributed by atoms with Crippen molar-refractivity contribution in [1.82, 2.24) is 10.1 Å². The molecule has 1 aromatic carbocycles. The highest BCUT2D eigenvalue weighted by Gasteiger charge is 2.03. The monoisotopic (exact) mass is 217 g/mol. The van der Waals surface area contributed by atoms with Gasteiger partial charge in [-0.05, 0) is 18.1 Å². The molecule has 4 nitrogen and oxygen atoms in total. The van der Waals surface area contributed by atoms with E-state index < -0.39 is 0 Å². The fourth-order valence-electron chi connectivity index (χ4n) is 1.39. The molecule has 16 heavy (non-hydrogen) atoms. The maximum Gasteiger partial charge on any atom is 0.214 e. The van der Waals surface area contributed by atoms with Crippen molar-refractivity contribution in [3.63, 3.8) is 0 Å². The van der Waals surface area contributed by atoms with Gasteiger partial charge < -0.3 is 9.84 Å². The van der Waals surface area contributed by atoms with Crippen molar-refractivity contribution in [3.05, 3.63) is 30.7 Å². The molecule has 0 bridgehead atoms. The summed E-state index contributed by atoms with van der Waals surface area (Å²) in [5.74, 6) is 1.24. The predicted octanol–water partition coefficient (Wildman–Crippen LogP) is 2.80. The first-order chi connectivity index (χ1) is 7.75. The molecule has 0 aliphatic carbocycles. The summed E-state index contributed by atoms with van der Waals surface area (Å²) in [7, 11) is 0. The van der Waals surface area contributed by atoms with Gasteiger partial charge in [0.25, 0.3) is 0 Å². The first kappa shape index (κ1) is 10.7. The summed E-state index contributed by atoms with van der Waals surface area (Å²) in [5.41, 5.74) is 2.04. The van der Waals surface area contributed by atoms with Crippen LogP contribution in [0.25, 0.3) is 11.4 Å². The second-order valence-electron chi connectivity index (χ2n) is 4.11. The molecule has 0 amide bonds. The van der Waals surface area contributed by atoms with E-state index in [2.05, 4.69) is 29.3 Å². The largest absolute Gasteiger partial charge is 0.385 e. The van der Waals surface area contributed by atoms with Gasteiger partial charge in [0.2, 0.25) is 12.2 Å². The molecule has 0 radical (unpaired) electrons. The molecule has 2 rings (SSSR count). The number of aromatic nitrogens is 2. The standard InChI is InChI=1S/C12H15N3O/c1-9(2)7-13-11-5-3-4-10(6-11)12-14-8-16-15-12/h3-6,8-9,13H,7H2,1-2H3. The van der Waals surface area contributed by atoms with Gasteiger partial charge in [-0.15, -0.1) is 0 Å². The lowest BCUT2D eigenvalue weighted by molar-refractivity contribution is 0.419. The summed E-state index contributed by atoms with van der Waals surface area (Å²) < 4.78 is 4.73. The first-order valence-corrected chi connectivity index (χ1v) is 5.36. The van der Waals surface area contributed by atoms with Gasteiger partial charge in [-0.1, -0.05) is 31.1 Å². The maximum absolute atomic E-state index is 4.73. The highest BCUT2D eigenvalue weighted by atomic mass is 16.5. The Morgan fingerprint density at radius 2 is 2.25 bits per heavy atom. The third-order valence-electron chi connectivity index (χ3n) is 2.20. The molecular formula is C12H15N3O. The van der Waals surface area contributed by atoms with E-state index in [1.54, 1.807) is 0 Å². The molecule has 0 unspecified atom stereocenters. The number of nitrogens with zero attached hydrogens (tertiary/aromatic N) is 2. The van der Waals surface area contributed by atoms with E-state index in [-0.39, 0.29) is 0 Å². The maximum atomic E-state index is 4.73. The van der Waals surface area contributed by atoms with Gasteiger partial charge in [0, 0.05) is 17.8 Å². The summed E-state index contributed by atoms with van der Waals surface area (Å²) in [6.45, 7) is 5.31. The summed E-state index contributed by atoms with van der Waals surface area (Å²) in [6.07, 6.45) is 1.34. The van der Waals surface area contributed by atoms with Gasteiger partial charge in [0.1, 0.15) is 0 Å². The number of anilines is 1. The number of hydrogen-bond acceptors (Lipinski definition) is 4. The van der Waals surface area contributed by atoms with Crippen LogP contribution in [0.2, 0.25) is 0 Å². The van der Waals surface area contributed by atoms with Crippen LogP contribution in [0, 0.1) is 5.92 Å². The number of hydrogen-bond donors (Lipinski definition) is 1. The summed E-state index contributed by atoms with van der Waals surface area (Å²) in [5, 5.41) is 7.17. The second kappa shape index (κ2) is 4.79. The quantitative estimate of drug-likeness (QED) is 0.855. The lowest BCUT2D eigenvalue weighted by Gasteiger charge is -2.09. The topological polar surface area (TPSA) is 51.0 Å². The predicted molar refractivity (Wildman–Crippen MR) is 63.1 cm³/mol. The van der Waals surface area contributed by atoms with E-state index in [0.29, 0.717) is 11.7 Å². The minimum Gasteiger partial charge on any atom is -0.385 e. The molecule has 0 aliphatic rings. The zero-order chi connectivity index (χ0) is 11.4. The number of benzene rings is 1. The van der Waals surface area contributed by atoms with E-state index in [1.807, 2.05) is 24.3 Å². The third kappa shape index (κ3) is 2.59. The van der Waals surface area contributed by atoms with Gasteiger partial charge in [0.15, 0.2) is 0 Å². The zero-order valence-corrected chi connectivity index (χ0v) is 9.47. The summed E-state index contributed by atoms with van der Waals surface area (Å²) in [4.78, 5) is 4.02. The van der Waals surface area contributed by atoms with Gasteiger partial charge in [0.05, 0.1) is 0 Å². The van der Waals surface area contributed by atoms with Crippen LogP contribution < -0.4 is 5.32 Å². The average molecular weight is 217 g/mol. The van der Waals surface area contributed by atoms with Crippen LogP contribution in [0.15, 0.2) is 35.2 Å². The van der Waals surface area contributed by atoms with E-state index in [1.165, 1.54) is 6.39 Å². The fourth-order valence-corrected chi connectivity index (χ4v) is 1.39. The first-order valence-electron chi connectivity index (χ1n) is 5.36. The third-order valence-corrected chi connectivity index (χ3v) is 2.20. The number of nitrogens with one attached hydrogen (secondary N) is 1. The Morgan fingerprint density at radius 1 is 1.38 bits per heavy atom. The van der Waals surface area contributed by atoms with E-state index in [9.17, 15) is 0 Å². The smallest absolute Gasteiger partial charge is 0.214 e. The normalized spacial score (nSPS) is 10.7. The molecule has 0 fully saturated rings. The van der Waals surface area contributed by atoms with Crippen LogP contribution in [0.3, 0.4) is 0 Å². The van der Waals surface area contributed by atoms with Crippen molar-refractivity contribution < 1.29 is 4.52 Å². The van der Waals surface area contributed by atoms with E-state index in [4.69, 9.17) is 4.52 Å². The Balaban J connectivity index is 2.14. The Bertz CT molecular complexity index is 437. The van der Waals surface area contributed by atoms with Crippen LogP contribution >= 0.6 is 0 Å². The zero-order valence-electron chi connectivity index (χ0n) is 9.47. The molecule has 1 N–H and O–H groups in total. The Hall–Kier alpha value is -1.84. The van der Waals surface area contributed by atoms with Crippen molar-refractivity contribution in [2.45, 2.75) is 13.8 Å². The van der Waals surface area contributed by atoms with Crippen LogP contribution in [-0.2, 0) is 0 Å². The van der Waals surface area contributed by atoms with Gasteiger partial charge >= 0.3 is 0 Å². The molecule has 0 aliphatic heterocycles. The second-order valence-corrected chi connectivity index (χ2v) is 4.11. The van der Waals surface area contributed by atoms with Gasteiger partial charge in [-0.2, -0.15) is 4.98 Å². The van der Waals surface area contributed by atoms with Crippen molar-refractivity contribution in [3.8, 4) is 11.4 Å². The van der Waals surface area contributed by atoms with Gasteiger partial charge in [-0.3, -0.25) is 0 Å². The minimum absolute atomic E-state index is 0.619. The van der Waals surface area contributed by atoms with Crippen LogP contribution in [0.1, 0.15) is 13.8 Å². The van der Waals surface area contributed by atoms with Crippen molar-refractivity contribution in [1.29, 1.82) is 0 Å². The summed E-state index contributed by atoms with van der Waals surface area (Å²) in [6, 6.07) is 8.00. The highest BCUT2D eigenvalue weighted by Crippen LogP contribution is 2.19. The fraction of sp³-hybridized carbons (Fsp3) is 0.333. The molecular weight excluding hydrogens is 202 g/mol. The van der Waals surface area contributed by atoms with E-state index in [0.717, 1.165) is 17.8 Å². The van der Waals surface area contributed by atoms with E-state index >= 15 is 0 Å². The van der Waals surface area contributed by atoms with Crippen LogP contribution in [0.5, 0.6) is 0 Å². The summed E-state index contributed by atoms with van der Waals surface area (Å²) >= 11 is 0. The van der Waals surface area contributed by atoms with Gasteiger partial charge in [-0.25, -0.2) is 0 Å². The SMILES string of the molecule is CC(C)CNc1cccc(-c2ncon2)c1. The molecule has 1 heterocycles. The molecule has 0 saturated heterocycles. The van der Waals surface area contributed by atoms with Crippen molar-refractivity contribution >= 4 is 5.69 Å². The molecule has 1 aromatic heterocycles. The Labute approximate surface area is 94.7 Å². The lowest BCUT2D eigenvalue weighted by atomic mass is 10.1. The molecule has 84 valence electrons. The van der Waals surface area contributed by atoms with Crippen LogP contribution in [-0.4, -0.2) is 16.7 Å². The molecule has 4 heteroatoms. The molecule has 0 atom stereocenters. The Morgan fingerprint density at radius 3 is 2.94 bits per heavy atom. The highest BCUT2D eigenvalue weighted by molar-refractivity contribution is 5.61. The molecule has 0 saturated carbocycles. The minimum atomic E-state index is 0.619. The van der Waals surface area contributed by atoms with Crippen LogP contribution in [0.4, 0.5) is 5.69 Å². The molecule has 0 spiro atoms. The molecule has 2 aromatic rings. The lowest BCUT2D eigenvalue weighted by Crippen LogP contribution is -2.07. The number of rotatable bonds is 4. The average Bonchev–Trinajstić information content (AvgIpc) is 2.80. The van der Waals surface area contributed by atoms with Crippen molar-refractivity contribution in [2.24, 2.45) is 5.92 Å². The Kier molecular flexibility index (Phi) is 3.19. The van der Waals surface area contributed by atoms with Crippen molar-refractivity contribution in [2.75, 3.05) is 11.9 Å².